The molecule has 1 N–H and O–H groups in total. The van der Waals surface area contributed by atoms with Crippen LogP contribution in [0.5, 0.6) is 5.75 Å². The fourth-order valence-electron chi connectivity index (χ4n) is 2.91. The van der Waals surface area contributed by atoms with E-state index >= 15 is 0 Å². The molecule has 1 aliphatic heterocycles. The number of ether oxygens (including phenoxy) is 1. The maximum absolute atomic E-state index is 5.90. The van der Waals surface area contributed by atoms with Crippen LogP contribution in [0.2, 0.25) is 0 Å². The molecule has 1 atom stereocenters. The molecule has 1 heterocycles. The maximum atomic E-state index is 5.90. The van der Waals surface area contributed by atoms with Crippen LogP contribution in [0.15, 0.2) is 48.5 Å². The van der Waals surface area contributed by atoms with Crippen molar-refractivity contribution >= 4 is 0 Å². The molecule has 110 valence electrons. The lowest BCUT2D eigenvalue weighted by Gasteiger charge is -2.23. The van der Waals surface area contributed by atoms with E-state index in [4.69, 9.17) is 4.74 Å². The predicted molar refractivity (Wildman–Crippen MR) is 86.8 cm³/mol. The van der Waals surface area contributed by atoms with Crippen LogP contribution < -0.4 is 10.1 Å². The van der Waals surface area contributed by atoms with Crippen LogP contribution in [0.4, 0.5) is 0 Å². The van der Waals surface area contributed by atoms with E-state index in [0.717, 1.165) is 18.8 Å². The fourth-order valence-corrected chi connectivity index (χ4v) is 2.91. The first kappa shape index (κ1) is 14.2. The topological polar surface area (TPSA) is 21.3 Å². The van der Waals surface area contributed by atoms with Crippen LogP contribution >= 0.6 is 0 Å². The van der Waals surface area contributed by atoms with Crippen LogP contribution in [-0.2, 0) is 6.61 Å². The lowest BCUT2D eigenvalue weighted by Crippen LogP contribution is -2.28. The van der Waals surface area contributed by atoms with E-state index in [-0.39, 0.29) is 0 Å². The Morgan fingerprint density at radius 3 is 2.62 bits per heavy atom. The van der Waals surface area contributed by atoms with E-state index in [1.807, 2.05) is 0 Å². The molecular formula is C19H23NO. The third kappa shape index (κ3) is 3.64. The van der Waals surface area contributed by atoms with Gasteiger partial charge in [0, 0.05) is 6.54 Å². The van der Waals surface area contributed by atoms with Gasteiger partial charge in [0.2, 0.25) is 0 Å². The summed E-state index contributed by atoms with van der Waals surface area (Å²) < 4.78 is 5.90. The zero-order valence-corrected chi connectivity index (χ0v) is 12.6. The highest BCUT2D eigenvalue weighted by Crippen LogP contribution is 2.25. The quantitative estimate of drug-likeness (QED) is 0.913. The van der Waals surface area contributed by atoms with E-state index in [2.05, 4.69) is 60.8 Å². The highest BCUT2D eigenvalue weighted by molar-refractivity contribution is 5.31. The second-order valence-corrected chi connectivity index (χ2v) is 5.83. The van der Waals surface area contributed by atoms with Crippen molar-refractivity contribution in [3.05, 3.63) is 65.2 Å². The van der Waals surface area contributed by atoms with Gasteiger partial charge in [-0.1, -0.05) is 36.4 Å². The van der Waals surface area contributed by atoms with Gasteiger partial charge in [0.05, 0.1) is 0 Å². The standard InChI is InChI=1S/C19H23NO/c1-15-5-2-3-6-18(15)14-21-19-10-8-16(9-11-19)17-7-4-12-20-13-17/h2-3,5-6,8-11,17,20H,4,7,12-14H2,1H3. The van der Waals surface area contributed by atoms with Gasteiger partial charge in [-0.15, -0.1) is 0 Å². The largest absolute Gasteiger partial charge is 0.489 e. The summed E-state index contributed by atoms with van der Waals surface area (Å²) in [6, 6.07) is 17.0. The number of aryl methyl sites for hydroxylation is 1. The molecule has 1 fully saturated rings. The van der Waals surface area contributed by atoms with Crippen LogP contribution in [0.25, 0.3) is 0 Å². The minimum Gasteiger partial charge on any atom is -0.489 e. The first-order chi connectivity index (χ1) is 10.3. The Morgan fingerprint density at radius 2 is 1.90 bits per heavy atom. The molecule has 21 heavy (non-hydrogen) atoms. The summed E-state index contributed by atoms with van der Waals surface area (Å²) in [7, 11) is 0. The highest BCUT2D eigenvalue weighted by Gasteiger charge is 2.14. The lowest BCUT2D eigenvalue weighted by molar-refractivity contribution is 0.305. The second-order valence-electron chi connectivity index (χ2n) is 5.83. The molecule has 2 aromatic carbocycles. The first-order valence-electron chi connectivity index (χ1n) is 7.81. The Bertz CT molecular complexity index is 570. The molecule has 2 heteroatoms. The number of benzene rings is 2. The van der Waals surface area contributed by atoms with Crippen molar-refractivity contribution in [1.29, 1.82) is 0 Å². The second kappa shape index (κ2) is 6.77. The Balaban J connectivity index is 1.60. The van der Waals surface area contributed by atoms with Crippen LogP contribution in [0, 0.1) is 6.92 Å². The van der Waals surface area contributed by atoms with E-state index in [0.29, 0.717) is 12.5 Å². The Morgan fingerprint density at radius 1 is 1.10 bits per heavy atom. The van der Waals surface area contributed by atoms with Crippen LogP contribution in [-0.4, -0.2) is 13.1 Å². The first-order valence-corrected chi connectivity index (χ1v) is 7.81. The summed E-state index contributed by atoms with van der Waals surface area (Å²) in [4.78, 5) is 0. The number of hydrogen-bond donors (Lipinski definition) is 1. The molecule has 1 unspecified atom stereocenters. The Hall–Kier alpha value is -1.80. The van der Waals surface area contributed by atoms with Crippen molar-refractivity contribution in [1.82, 2.24) is 5.32 Å². The van der Waals surface area contributed by atoms with Crippen molar-refractivity contribution in [2.75, 3.05) is 13.1 Å². The monoisotopic (exact) mass is 281 g/mol. The molecule has 1 saturated heterocycles. The van der Waals surface area contributed by atoms with Crippen molar-refractivity contribution in [3.63, 3.8) is 0 Å². The zero-order valence-electron chi connectivity index (χ0n) is 12.6. The molecule has 0 radical (unpaired) electrons. The third-order valence-electron chi connectivity index (χ3n) is 4.30. The SMILES string of the molecule is Cc1ccccc1COc1ccc(C2CCCNC2)cc1. The molecule has 0 amide bonds. The van der Waals surface area contributed by atoms with E-state index in [9.17, 15) is 0 Å². The lowest BCUT2D eigenvalue weighted by atomic mass is 9.92. The van der Waals surface area contributed by atoms with Crippen LogP contribution in [0.1, 0.15) is 35.4 Å². The third-order valence-corrected chi connectivity index (χ3v) is 4.30. The number of rotatable bonds is 4. The molecule has 3 rings (SSSR count). The van der Waals surface area contributed by atoms with Gasteiger partial charge in [0.1, 0.15) is 12.4 Å². The van der Waals surface area contributed by atoms with E-state index in [1.165, 1.54) is 29.5 Å². The summed E-state index contributed by atoms with van der Waals surface area (Å²) in [5.74, 6) is 1.61. The minimum absolute atomic E-state index is 0.636. The summed E-state index contributed by atoms with van der Waals surface area (Å²) in [5.41, 5.74) is 3.95. The highest BCUT2D eigenvalue weighted by atomic mass is 16.5. The molecule has 2 aromatic rings. The zero-order chi connectivity index (χ0) is 14.5. The molecule has 2 nitrogen and oxygen atoms in total. The fraction of sp³-hybridized carbons (Fsp3) is 0.368. The molecular weight excluding hydrogens is 258 g/mol. The molecule has 1 aliphatic rings. The van der Waals surface area contributed by atoms with Gasteiger partial charge in [0.15, 0.2) is 0 Å². The average Bonchev–Trinajstić information content (AvgIpc) is 2.55. The van der Waals surface area contributed by atoms with E-state index in [1.54, 1.807) is 0 Å². The summed E-state index contributed by atoms with van der Waals surface area (Å²) in [6.07, 6.45) is 2.56. The van der Waals surface area contributed by atoms with Gasteiger partial charge < -0.3 is 10.1 Å². The molecule has 0 spiro atoms. The molecule has 0 saturated carbocycles. The van der Waals surface area contributed by atoms with Crippen molar-refractivity contribution in [2.24, 2.45) is 0 Å². The van der Waals surface area contributed by atoms with Gasteiger partial charge in [-0.25, -0.2) is 0 Å². The number of hydrogen-bond acceptors (Lipinski definition) is 2. The van der Waals surface area contributed by atoms with Crippen LogP contribution in [0.3, 0.4) is 0 Å². The normalized spacial score (nSPS) is 18.4. The van der Waals surface area contributed by atoms with Gasteiger partial charge in [-0.2, -0.15) is 0 Å². The van der Waals surface area contributed by atoms with Gasteiger partial charge in [-0.3, -0.25) is 0 Å². The smallest absolute Gasteiger partial charge is 0.119 e. The van der Waals surface area contributed by atoms with Crippen molar-refractivity contribution in [3.8, 4) is 5.75 Å². The predicted octanol–water partition coefficient (Wildman–Crippen LogP) is 4.04. The Labute approximate surface area is 127 Å². The average molecular weight is 281 g/mol. The van der Waals surface area contributed by atoms with E-state index < -0.39 is 0 Å². The molecule has 0 aliphatic carbocycles. The number of nitrogens with one attached hydrogen (secondary N) is 1. The van der Waals surface area contributed by atoms with Gasteiger partial charge in [0.25, 0.3) is 0 Å². The molecule has 0 aromatic heterocycles. The number of piperidine rings is 1. The summed E-state index contributed by atoms with van der Waals surface area (Å²) in [6.45, 7) is 5.02. The Kier molecular flexibility index (Phi) is 4.56. The maximum Gasteiger partial charge on any atom is 0.119 e. The summed E-state index contributed by atoms with van der Waals surface area (Å²) >= 11 is 0. The minimum atomic E-state index is 0.636. The molecule has 0 bridgehead atoms. The van der Waals surface area contributed by atoms with Gasteiger partial charge in [-0.05, 0) is 61.1 Å². The summed E-state index contributed by atoms with van der Waals surface area (Å²) in [5, 5.41) is 3.47. The van der Waals surface area contributed by atoms with Crippen molar-refractivity contribution in [2.45, 2.75) is 32.3 Å². The van der Waals surface area contributed by atoms with Crippen molar-refractivity contribution < 1.29 is 4.74 Å². The van der Waals surface area contributed by atoms with Gasteiger partial charge >= 0.3 is 0 Å².